The van der Waals surface area contributed by atoms with Crippen molar-refractivity contribution < 1.29 is 14.3 Å². The molecule has 0 aromatic carbocycles. The zero-order chi connectivity index (χ0) is 12.3. The topological polar surface area (TPSA) is 56.3 Å². The first-order chi connectivity index (χ1) is 7.38. The summed E-state index contributed by atoms with van der Waals surface area (Å²) < 4.78 is 4.59. The Morgan fingerprint density at radius 3 is 2.44 bits per heavy atom. The van der Waals surface area contributed by atoms with Gasteiger partial charge in [0.25, 0.3) is 0 Å². The Bertz CT molecular complexity index is 419. The first-order valence-corrected chi connectivity index (χ1v) is 4.94. The summed E-state index contributed by atoms with van der Waals surface area (Å²) in [5, 5.41) is 0. The van der Waals surface area contributed by atoms with Crippen LogP contribution in [0.15, 0.2) is 12.1 Å². The van der Waals surface area contributed by atoms with Crippen LogP contribution in [0.1, 0.15) is 47.3 Å². The smallest absolute Gasteiger partial charge is 0.356 e. The molecular formula is C12H15NO3. The predicted octanol–water partition coefficient (Wildman–Crippen LogP) is 1.98. The van der Waals surface area contributed by atoms with Gasteiger partial charge >= 0.3 is 5.97 Å². The van der Waals surface area contributed by atoms with E-state index in [1.807, 2.05) is 20.8 Å². The van der Waals surface area contributed by atoms with Gasteiger partial charge in [0, 0.05) is 0 Å². The molecule has 0 saturated heterocycles. The Morgan fingerprint density at radius 1 is 1.38 bits per heavy atom. The first kappa shape index (κ1) is 12.4. The third-order valence-corrected chi connectivity index (χ3v) is 2.23. The number of pyridine rings is 1. The van der Waals surface area contributed by atoms with E-state index in [1.54, 1.807) is 12.1 Å². The molecule has 4 heteroatoms. The molecule has 0 fully saturated rings. The van der Waals surface area contributed by atoms with Gasteiger partial charge in [-0.25, -0.2) is 9.78 Å². The van der Waals surface area contributed by atoms with Crippen LogP contribution < -0.4 is 0 Å². The number of carbonyl (C=O) groups excluding carboxylic acids is 2. The summed E-state index contributed by atoms with van der Waals surface area (Å²) in [5.41, 5.74) is 1.14. The summed E-state index contributed by atoms with van der Waals surface area (Å²) >= 11 is 0. The van der Waals surface area contributed by atoms with Crippen LogP contribution >= 0.6 is 0 Å². The van der Waals surface area contributed by atoms with Gasteiger partial charge in [-0.05, 0) is 23.1 Å². The van der Waals surface area contributed by atoms with Crippen LogP contribution in [0, 0.1) is 0 Å². The number of methoxy groups -OCH3 is 1. The molecule has 0 radical (unpaired) electrons. The fraction of sp³-hybridized carbons (Fsp3) is 0.417. The number of rotatable bonds is 2. The first-order valence-electron chi connectivity index (χ1n) is 4.94. The van der Waals surface area contributed by atoms with Crippen molar-refractivity contribution >= 4 is 12.3 Å². The molecule has 0 unspecified atom stereocenters. The Balaban J connectivity index is 3.32. The quantitative estimate of drug-likeness (QED) is 0.566. The highest BCUT2D eigenvalue weighted by Crippen LogP contribution is 2.23. The van der Waals surface area contributed by atoms with Gasteiger partial charge in [0.1, 0.15) is 11.4 Å². The Kier molecular flexibility index (Phi) is 3.42. The normalized spacial score (nSPS) is 11.0. The third kappa shape index (κ3) is 2.66. The van der Waals surface area contributed by atoms with Crippen molar-refractivity contribution in [1.29, 1.82) is 0 Å². The van der Waals surface area contributed by atoms with E-state index >= 15 is 0 Å². The molecule has 86 valence electrons. The second-order valence-electron chi connectivity index (χ2n) is 4.53. The van der Waals surface area contributed by atoms with Crippen LogP contribution in [0.4, 0.5) is 0 Å². The molecule has 0 N–H and O–H groups in total. The molecule has 0 aliphatic rings. The molecule has 1 aromatic rings. The highest BCUT2D eigenvalue weighted by atomic mass is 16.5. The van der Waals surface area contributed by atoms with Crippen LogP contribution in [-0.2, 0) is 10.2 Å². The fourth-order valence-corrected chi connectivity index (χ4v) is 1.25. The molecule has 1 rings (SSSR count). The Labute approximate surface area is 94.6 Å². The number of aromatic nitrogens is 1. The molecule has 0 aliphatic heterocycles. The maximum absolute atomic E-state index is 11.4. The Morgan fingerprint density at radius 2 is 2.00 bits per heavy atom. The van der Waals surface area contributed by atoms with E-state index in [9.17, 15) is 9.59 Å². The molecular weight excluding hydrogens is 206 g/mol. The van der Waals surface area contributed by atoms with Gasteiger partial charge in [-0.3, -0.25) is 4.79 Å². The van der Waals surface area contributed by atoms with Crippen molar-refractivity contribution in [2.75, 3.05) is 7.11 Å². The lowest BCUT2D eigenvalue weighted by Crippen LogP contribution is -2.15. The predicted molar refractivity (Wildman–Crippen MR) is 59.7 cm³/mol. The van der Waals surface area contributed by atoms with Crippen molar-refractivity contribution in [2.45, 2.75) is 26.2 Å². The molecule has 0 saturated carbocycles. The summed E-state index contributed by atoms with van der Waals surface area (Å²) in [6.07, 6.45) is 0.627. The van der Waals surface area contributed by atoms with Gasteiger partial charge in [-0.15, -0.1) is 0 Å². The lowest BCUT2D eigenvalue weighted by molar-refractivity contribution is 0.0593. The standard InChI is InChI=1S/C12H15NO3/c1-12(2,3)8-5-9(7-14)13-10(6-8)11(15)16-4/h5-7H,1-4H3. The van der Waals surface area contributed by atoms with Crippen molar-refractivity contribution in [2.24, 2.45) is 0 Å². The molecule has 1 heterocycles. The van der Waals surface area contributed by atoms with E-state index in [-0.39, 0.29) is 16.8 Å². The molecule has 1 aromatic heterocycles. The second-order valence-corrected chi connectivity index (χ2v) is 4.53. The number of hydrogen-bond acceptors (Lipinski definition) is 4. The van der Waals surface area contributed by atoms with E-state index in [0.29, 0.717) is 6.29 Å². The maximum Gasteiger partial charge on any atom is 0.356 e. The summed E-state index contributed by atoms with van der Waals surface area (Å²) in [5.74, 6) is -0.533. The van der Waals surface area contributed by atoms with E-state index in [4.69, 9.17) is 0 Å². The molecule has 0 bridgehead atoms. The largest absolute Gasteiger partial charge is 0.464 e. The highest BCUT2D eigenvalue weighted by molar-refractivity contribution is 5.88. The maximum atomic E-state index is 11.4. The summed E-state index contributed by atoms with van der Waals surface area (Å²) in [6, 6.07) is 3.33. The molecule has 0 atom stereocenters. The second kappa shape index (κ2) is 4.43. The van der Waals surface area contributed by atoms with E-state index in [2.05, 4.69) is 9.72 Å². The van der Waals surface area contributed by atoms with Gasteiger partial charge < -0.3 is 4.74 Å². The molecule has 0 aliphatic carbocycles. The van der Waals surface area contributed by atoms with Gasteiger partial charge in [-0.2, -0.15) is 0 Å². The monoisotopic (exact) mass is 221 g/mol. The summed E-state index contributed by atoms with van der Waals surface area (Å²) in [6.45, 7) is 5.99. The van der Waals surface area contributed by atoms with Gasteiger partial charge in [0.05, 0.1) is 7.11 Å². The Hall–Kier alpha value is -1.71. The zero-order valence-corrected chi connectivity index (χ0v) is 9.90. The summed E-state index contributed by atoms with van der Waals surface area (Å²) in [4.78, 5) is 26.0. The third-order valence-electron chi connectivity index (χ3n) is 2.23. The van der Waals surface area contributed by atoms with Crippen LogP contribution in [0.5, 0.6) is 0 Å². The molecule has 0 amide bonds. The van der Waals surface area contributed by atoms with Crippen LogP contribution in [0.25, 0.3) is 0 Å². The number of hydrogen-bond donors (Lipinski definition) is 0. The minimum atomic E-state index is -0.533. The van der Waals surface area contributed by atoms with Crippen molar-refractivity contribution in [1.82, 2.24) is 4.98 Å². The lowest BCUT2D eigenvalue weighted by Gasteiger charge is -2.19. The van der Waals surface area contributed by atoms with Crippen LogP contribution in [-0.4, -0.2) is 24.3 Å². The lowest BCUT2D eigenvalue weighted by atomic mass is 9.87. The average Bonchev–Trinajstić information content (AvgIpc) is 2.26. The SMILES string of the molecule is COC(=O)c1cc(C(C)(C)C)cc(C=O)n1. The van der Waals surface area contributed by atoms with E-state index < -0.39 is 5.97 Å². The molecule has 0 spiro atoms. The van der Waals surface area contributed by atoms with Crippen molar-refractivity contribution in [3.05, 3.63) is 29.1 Å². The number of nitrogens with zero attached hydrogens (tertiary/aromatic N) is 1. The van der Waals surface area contributed by atoms with Gasteiger partial charge in [0.2, 0.25) is 0 Å². The van der Waals surface area contributed by atoms with E-state index in [1.165, 1.54) is 7.11 Å². The minimum absolute atomic E-state index is 0.149. The number of aldehydes is 1. The summed E-state index contributed by atoms with van der Waals surface area (Å²) in [7, 11) is 1.29. The van der Waals surface area contributed by atoms with Crippen molar-refractivity contribution in [3.8, 4) is 0 Å². The van der Waals surface area contributed by atoms with Gasteiger partial charge in [0.15, 0.2) is 6.29 Å². The van der Waals surface area contributed by atoms with E-state index in [0.717, 1.165) is 5.56 Å². The fourth-order valence-electron chi connectivity index (χ4n) is 1.25. The highest BCUT2D eigenvalue weighted by Gasteiger charge is 2.18. The minimum Gasteiger partial charge on any atom is -0.464 e. The number of ether oxygens (including phenoxy) is 1. The zero-order valence-electron chi connectivity index (χ0n) is 9.90. The van der Waals surface area contributed by atoms with Crippen LogP contribution in [0.3, 0.4) is 0 Å². The average molecular weight is 221 g/mol. The molecule has 4 nitrogen and oxygen atoms in total. The number of carbonyl (C=O) groups is 2. The number of esters is 1. The van der Waals surface area contributed by atoms with Crippen LogP contribution in [0.2, 0.25) is 0 Å². The molecule has 16 heavy (non-hydrogen) atoms. The van der Waals surface area contributed by atoms with Crippen molar-refractivity contribution in [3.63, 3.8) is 0 Å². The van der Waals surface area contributed by atoms with Gasteiger partial charge in [-0.1, -0.05) is 20.8 Å².